The molecular formula is C16H12ClNO. The molecule has 0 heterocycles. The number of carbonyl (C=O) groups excluding carboxylic acids is 1. The second-order valence-corrected chi connectivity index (χ2v) is 4.73. The lowest BCUT2D eigenvalue weighted by molar-refractivity contribution is -0.117. The summed E-state index contributed by atoms with van der Waals surface area (Å²) in [6.45, 7) is 0. The zero-order valence-corrected chi connectivity index (χ0v) is 11.0. The lowest BCUT2D eigenvalue weighted by Crippen LogP contribution is -2.07. The van der Waals surface area contributed by atoms with Crippen LogP contribution in [0, 0.1) is 11.3 Å². The van der Waals surface area contributed by atoms with Gasteiger partial charge in [-0.15, -0.1) is 0 Å². The van der Waals surface area contributed by atoms with Crippen LogP contribution in [0.5, 0.6) is 0 Å². The minimum Gasteiger partial charge on any atom is -0.299 e. The Morgan fingerprint density at radius 1 is 1.11 bits per heavy atom. The summed E-state index contributed by atoms with van der Waals surface area (Å²) in [7, 11) is 0. The molecule has 0 aliphatic rings. The molecule has 2 aromatic carbocycles. The Morgan fingerprint density at radius 2 is 1.89 bits per heavy atom. The monoisotopic (exact) mass is 269 g/mol. The maximum absolute atomic E-state index is 12.0. The van der Waals surface area contributed by atoms with Crippen LogP contribution in [0.4, 0.5) is 0 Å². The number of hydrogen-bond donors (Lipinski definition) is 0. The van der Waals surface area contributed by atoms with E-state index in [0.717, 1.165) is 11.1 Å². The lowest BCUT2D eigenvalue weighted by Gasteiger charge is -2.04. The Kier molecular flexibility index (Phi) is 4.33. The molecule has 3 heteroatoms. The molecule has 0 atom stereocenters. The predicted molar refractivity (Wildman–Crippen MR) is 75.0 cm³/mol. The Hall–Kier alpha value is -2.11. The van der Waals surface area contributed by atoms with Crippen LogP contribution in [0.1, 0.15) is 16.7 Å². The standard InChI is InChI=1S/C16H12ClNO/c17-15-7-3-4-12(8-15)9-16(19)10-13-5-1-2-6-14(13)11-18/h1-8H,9-10H2. The molecule has 0 aliphatic carbocycles. The van der Waals surface area contributed by atoms with E-state index in [-0.39, 0.29) is 12.2 Å². The first-order valence-electron chi connectivity index (χ1n) is 5.93. The molecule has 2 rings (SSSR count). The summed E-state index contributed by atoms with van der Waals surface area (Å²) >= 11 is 5.88. The molecule has 0 unspecified atom stereocenters. The fourth-order valence-electron chi connectivity index (χ4n) is 1.93. The Labute approximate surface area is 117 Å². The molecule has 94 valence electrons. The van der Waals surface area contributed by atoms with Crippen molar-refractivity contribution in [3.8, 4) is 6.07 Å². The molecule has 0 spiro atoms. The van der Waals surface area contributed by atoms with Gasteiger partial charge >= 0.3 is 0 Å². The third-order valence-corrected chi connectivity index (χ3v) is 3.05. The molecule has 0 radical (unpaired) electrons. The average Bonchev–Trinajstić information content (AvgIpc) is 2.39. The Balaban J connectivity index is 2.08. The van der Waals surface area contributed by atoms with E-state index < -0.39 is 0 Å². The van der Waals surface area contributed by atoms with Crippen molar-refractivity contribution in [2.45, 2.75) is 12.8 Å². The molecule has 0 bridgehead atoms. The van der Waals surface area contributed by atoms with E-state index in [1.807, 2.05) is 24.3 Å². The molecule has 0 amide bonds. The maximum Gasteiger partial charge on any atom is 0.141 e. The van der Waals surface area contributed by atoms with Crippen LogP contribution in [-0.2, 0) is 17.6 Å². The molecule has 0 N–H and O–H groups in total. The van der Waals surface area contributed by atoms with Crippen LogP contribution in [0.15, 0.2) is 48.5 Å². The van der Waals surface area contributed by atoms with E-state index in [4.69, 9.17) is 16.9 Å². The van der Waals surface area contributed by atoms with Crippen molar-refractivity contribution < 1.29 is 4.79 Å². The van der Waals surface area contributed by atoms with Crippen molar-refractivity contribution in [3.05, 3.63) is 70.2 Å². The van der Waals surface area contributed by atoms with Gasteiger partial charge in [-0.2, -0.15) is 5.26 Å². The summed E-state index contributed by atoms with van der Waals surface area (Å²) in [5, 5.41) is 9.61. The minimum atomic E-state index is 0.0740. The first-order chi connectivity index (χ1) is 9.19. The van der Waals surface area contributed by atoms with Crippen molar-refractivity contribution in [2.24, 2.45) is 0 Å². The fourth-order valence-corrected chi connectivity index (χ4v) is 2.15. The molecule has 2 aromatic rings. The van der Waals surface area contributed by atoms with Gasteiger partial charge in [0, 0.05) is 17.9 Å². The highest BCUT2D eigenvalue weighted by atomic mass is 35.5. The molecular weight excluding hydrogens is 258 g/mol. The normalized spacial score (nSPS) is 9.89. The van der Waals surface area contributed by atoms with Crippen LogP contribution in [-0.4, -0.2) is 5.78 Å². The van der Waals surface area contributed by atoms with Gasteiger partial charge in [0.15, 0.2) is 0 Å². The van der Waals surface area contributed by atoms with Crippen molar-refractivity contribution >= 4 is 17.4 Å². The van der Waals surface area contributed by atoms with Gasteiger partial charge < -0.3 is 0 Å². The van der Waals surface area contributed by atoms with Gasteiger partial charge in [-0.1, -0.05) is 41.9 Å². The number of rotatable bonds is 4. The Morgan fingerprint density at radius 3 is 2.63 bits per heavy atom. The van der Waals surface area contributed by atoms with Gasteiger partial charge in [0.1, 0.15) is 5.78 Å². The van der Waals surface area contributed by atoms with Crippen molar-refractivity contribution in [3.63, 3.8) is 0 Å². The smallest absolute Gasteiger partial charge is 0.141 e. The zero-order chi connectivity index (χ0) is 13.7. The second kappa shape index (κ2) is 6.17. The van der Waals surface area contributed by atoms with Crippen LogP contribution in [0.3, 0.4) is 0 Å². The predicted octanol–water partition coefficient (Wildman–Crippen LogP) is 3.57. The number of ketones is 1. The number of halogens is 1. The zero-order valence-electron chi connectivity index (χ0n) is 10.3. The van der Waals surface area contributed by atoms with E-state index in [2.05, 4.69) is 6.07 Å². The van der Waals surface area contributed by atoms with Gasteiger partial charge in [-0.05, 0) is 29.3 Å². The van der Waals surface area contributed by atoms with Crippen LogP contribution < -0.4 is 0 Å². The van der Waals surface area contributed by atoms with Crippen LogP contribution >= 0.6 is 11.6 Å². The molecule has 0 aliphatic heterocycles. The number of benzene rings is 2. The fraction of sp³-hybridized carbons (Fsp3) is 0.125. The van der Waals surface area contributed by atoms with Crippen LogP contribution in [0.25, 0.3) is 0 Å². The van der Waals surface area contributed by atoms with Gasteiger partial charge in [-0.25, -0.2) is 0 Å². The van der Waals surface area contributed by atoms with Crippen molar-refractivity contribution in [2.75, 3.05) is 0 Å². The van der Waals surface area contributed by atoms with Gasteiger partial charge in [-0.3, -0.25) is 4.79 Å². The summed E-state index contributed by atoms with van der Waals surface area (Å²) in [6, 6.07) is 16.5. The number of nitrogens with zero attached hydrogens (tertiary/aromatic N) is 1. The van der Waals surface area contributed by atoms with Crippen molar-refractivity contribution in [1.29, 1.82) is 5.26 Å². The highest BCUT2D eigenvalue weighted by molar-refractivity contribution is 6.30. The molecule has 0 aromatic heterocycles. The Bertz CT molecular complexity index is 643. The van der Waals surface area contributed by atoms with E-state index in [1.54, 1.807) is 24.3 Å². The summed E-state index contributed by atoms with van der Waals surface area (Å²) < 4.78 is 0. The SMILES string of the molecule is N#Cc1ccccc1CC(=O)Cc1cccc(Cl)c1. The maximum atomic E-state index is 12.0. The second-order valence-electron chi connectivity index (χ2n) is 4.29. The highest BCUT2D eigenvalue weighted by Crippen LogP contribution is 2.13. The summed E-state index contributed by atoms with van der Waals surface area (Å²) in [4.78, 5) is 12.0. The molecule has 2 nitrogen and oxygen atoms in total. The van der Waals surface area contributed by atoms with E-state index in [0.29, 0.717) is 17.0 Å². The average molecular weight is 270 g/mol. The molecule has 0 saturated carbocycles. The van der Waals surface area contributed by atoms with Crippen LogP contribution in [0.2, 0.25) is 5.02 Å². The third kappa shape index (κ3) is 3.67. The highest BCUT2D eigenvalue weighted by Gasteiger charge is 2.08. The third-order valence-electron chi connectivity index (χ3n) is 2.82. The first-order valence-corrected chi connectivity index (χ1v) is 6.31. The lowest BCUT2D eigenvalue weighted by atomic mass is 9.99. The van der Waals surface area contributed by atoms with E-state index in [1.165, 1.54) is 0 Å². The van der Waals surface area contributed by atoms with Gasteiger partial charge in [0.25, 0.3) is 0 Å². The molecule has 0 fully saturated rings. The number of Topliss-reactive ketones (excluding diaryl/α,β-unsaturated/α-hetero) is 1. The summed E-state index contributed by atoms with van der Waals surface area (Å²) in [5.74, 6) is 0.0740. The number of nitriles is 1. The van der Waals surface area contributed by atoms with E-state index >= 15 is 0 Å². The quantitative estimate of drug-likeness (QED) is 0.851. The number of carbonyl (C=O) groups is 1. The largest absolute Gasteiger partial charge is 0.299 e. The molecule has 0 saturated heterocycles. The summed E-state index contributed by atoms with van der Waals surface area (Å²) in [5.41, 5.74) is 2.23. The van der Waals surface area contributed by atoms with E-state index in [9.17, 15) is 4.79 Å². The molecule has 19 heavy (non-hydrogen) atoms. The summed E-state index contributed by atoms with van der Waals surface area (Å²) in [6.07, 6.45) is 0.608. The van der Waals surface area contributed by atoms with Gasteiger partial charge in [0.05, 0.1) is 11.6 Å². The first kappa shape index (κ1) is 13.3. The topological polar surface area (TPSA) is 40.9 Å². The number of hydrogen-bond acceptors (Lipinski definition) is 2. The van der Waals surface area contributed by atoms with Gasteiger partial charge in [0.2, 0.25) is 0 Å². The minimum absolute atomic E-state index is 0.0740. The van der Waals surface area contributed by atoms with Crippen molar-refractivity contribution in [1.82, 2.24) is 0 Å².